The van der Waals surface area contributed by atoms with Gasteiger partial charge in [0.2, 0.25) is 0 Å². The van der Waals surface area contributed by atoms with Crippen molar-refractivity contribution in [2.75, 3.05) is 19.6 Å². The number of amides is 1. The van der Waals surface area contributed by atoms with E-state index < -0.39 is 0 Å². The minimum atomic E-state index is 0. The molecular formula is C15H24ClFN4O. The quantitative estimate of drug-likeness (QED) is 0.920. The maximum absolute atomic E-state index is 12.6. The van der Waals surface area contributed by atoms with Crippen LogP contribution in [0.5, 0.6) is 0 Å². The Morgan fingerprint density at radius 2 is 2.18 bits per heavy atom. The third kappa shape index (κ3) is 4.30. The molecule has 0 aromatic carbocycles. The molecule has 0 fully saturated rings. The van der Waals surface area contributed by atoms with Crippen molar-refractivity contribution in [3.8, 4) is 0 Å². The monoisotopic (exact) mass is 330 g/mol. The summed E-state index contributed by atoms with van der Waals surface area (Å²) in [6.45, 7) is 8.16. The van der Waals surface area contributed by atoms with E-state index in [-0.39, 0.29) is 36.8 Å². The second-order valence-corrected chi connectivity index (χ2v) is 6.70. The maximum Gasteiger partial charge on any atom is 0.257 e. The van der Waals surface area contributed by atoms with E-state index in [1.807, 2.05) is 4.90 Å². The average Bonchev–Trinajstić information content (AvgIpc) is 2.81. The Bertz CT molecular complexity index is 562. The lowest BCUT2D eigenvalue weighted by Gasteiger charge is -2.32. The van der Waals surface area contributed by atoms with Gasteiger partial charge in [-0.3, -0.25) is 9.48 Å². The zero-order chi connectivity index (χ0) is 15.6. The lowest BCUT2D eigenvalue weighted by Crippen LogP contribution is -2.42. The van der Waals surface area contributed by atoms with Crippen molar-refractivity contribution < 1.29 is 9.18 Å². The molecule has 1 aromatic rings. The highest BCUT2D eigenvalue weighted by Crippen LogP contribution is 2.22. The molecule has 0 aliphatic carbocycles. The van der Waals surface area contributed by atoms with Crippen molar-refractivity contribution in [3.05, 3.63) is 29.4 Å². The fourth-order valence-corrected chi connectivity index (χ4v) is 2.49. The van der Waals surface area contributed by atoms with Gasteiger partial charge < -0.3 is 10.6 Å². The largest absolute Gasteiger partial charge is 0.338 e. The molecule has 5 nitrogen and oxygen atoms in total. The molecule has 0 saturated heterocycles. The molecule has 1 amide bonds. The molecule has 0 bridgehead atoms. The van der Waals surface area contributed by atoms with Crippen LogP contribution in [-0.4, -0.2) is 40.2 Å². The summed E-state index contributed by atoms with van der Waals surface area (Å²) < 4.78 is 14.2. The van der Waals surface area contributed by atoms with Gasteiger partial charge in [0, 0.05) is 32.3 Å². The molecule has 2 rings (SSSR count). The lowest BCUT2D eigenvalue weighted by molar-refractivity contribution is 0.0677. The van der Waals surface area contributed by atoms with E-state index in [1.54, 1.807) is 10.9 Å². The van der Waals surface area contributed by atoms with Crippen molar-refractivity contribution in [1.29, 1.82) is 0 Å². The van der Waals surface area contributed by atoms with E-state index in [0.29, 0.717) is 24.0 Å². The summed E-state index contributed by atoms with van der Waals surface area (Å²) in [5, 5.41) is 4.37. The predicted octanol–water partition coefficient (Wildman–Crippen LogP) is 2.16. The van der Waals surface area contributed by atoms with Gasteiger partial charge >= 0.3 is 0 Å². The van der Waals surface area contributed by atoms with E-state index in [1.165, 1.54) is 0 Å². The summed E-state index contributed by atoms with van der Waals surface area (Å²) in [5.74, 6) is 0.0101. The first-order valence-electron chi connectivity index (χ1n) is 7.18. The topological polar surface area (TPSA) is 64.2 Å². The van der Waals surface area contributed by atoms with Gasteiger partial charge in [0.05, 0.1) is 24.1 Å². The van der Waals surface area contributed by atoms with Gasteiger partial charge in [-0.15, -0.1) is 12.4 Å². The molecule has 0 radical (unpaired) electrons. The van der Waals surface area contributed by atoms with Crippen molar-refractivity contribution in [3.63, 3.8) is 0 Å². The van der Waals surface area contributed by atoms with Crippen LogP contribution in [0.1, 0.15) is 36.8 Å². The molecule has 2 heterocycles. The van der Waals surface area contributed by atoms with E-state index in [4.69, 9.17) is 5.73 Å². The van der Waals surface area contributed by atoms with Gasteiger partial charge in [0.1, 0.15) is 0 Å². The molecular weight excluding hydrogens is 307 g/mol. The normalized spacial score (nSPS) is 15.6. The second kappa shape index (κ2) is 7.24. The van der Waals surface area contributed by atoms with Gasteiger partial charge in [-0.2, -0.15) is 5.10 Å². The van der Waals surface area contributed by atoms with Crippen LogP contribution in [0.2, 0.25) is 0 Å². The van der Waals surface area contributed by atoms with Crippen LogP contribution in [0.3, 0.4) is 0 Å². The third-order valence-electron chi connectivity index (χ3n) is 3.42. The molecule has 0 saturated carbocycles. The molecule has 2 N–H and O–H groups in total. The van der Waals surface area contributed by atoms with Crippen LogP contribution < -0.4 is 5.73 Å². The molecule has 1 aromatic heterocycles. The van der Waals surface area contributed by atoms with Gasteiger partial charge in [-0.25, -0.2) is 4.39 Å². The fraction of sp³-hybridized carbons (Fsp3) is 0.600. The summed E-state index contributed by atoms with van der Waals surface area (Å²) in [5.41, 5.74) is 7.38. The van der Waals surface area contributed by atoms with Crippen LogP contribution in [0.25, 0.3) is 0 Å². The first-order chi connectivity index (χ1) is 9.84. The van der Waals surface area contributed by atoms with E-state index in [0.717, 1.165) is 18.7 Å². The number of nitrogens with zero attached hydrogens (tertiary/aromatic N) is 3. The highest BCUT2D eigenvalue weighted by Gasteiger charge is 2.29. The van der Waals surface area contributed by atoms with E-state index in [9.17, 15) is 9.18 Å². The van der Waals surface area contributed by atoms with Crippen molar-refractivity contribution in [2.45, 2.75) is 33.7 Å². The van der Waals surface area contributed by atoms with Crippen molar-refractivity contribution in [2.24, 2.45) is 11.1 Å². The molecule has 1 aliphatic rings. The Labute approximate surface area is 136 Å². The van der Waals surface area contributed by atoms with Crippen LogP contribution in [-0.2, 0) is 13.0 Å². The number of fused-ring (bicyclic) bond motifs is 1. The van der Waals surface area contributed by atoms with Gasteiger partial charge in [-0.1, -0.05) is 20.8 Å². The number of nitrogens with two attached hydrogens (primary N) is 1. The minimum absolute atomic E-state index is 0. The van der Waals surface area contributed by atoms with Gasteiger partial charge in [0.25, 0.3) is 5.91 Å². The molecule has 22 heavy (non-hydrogen) atoms. The van der Waals surface area contributed by atoms with Crippen LogP contribution in [0, 0.1) is 5.41 Å². The Kier molecular flexibility index (Phi) is 6.14. The maximum atomic E-state index is 12.6. The second-order valence-electron chi connectivity index (χ2n) is 6.70. The first kappa shape index (κ1) is 18.6. The number of hydrogen-bond acceptors (Lipinski definition) is 3. The summed E-state index contributed by atoms with van der Waals surface area (Å²) in [7, 11) is 0. The number of carbonyl (C=O) groups is 1. The summed E-state index contributed by atoms with van der Waals surface area (Å²) in [6, 6.07) is 0. The third-order valence-corrected chi connectivity index (χ3v) is 3.42. The highest BCUT2D eigenvalue weighted by molar-refractivity contribution is 5.96. The molecule has 0 unspecified atom stereocenters. The summed E-state index contributed by atoms with van der Waals surface area (Å²) in [6.07, 6.45) is 2.95. The zero-order valence-electron chi connectivity index (χ0n) is 13.3. The number of carbonyl (C=O) groups excluding carboxylic acids is 1. The predicted molar refractivity (Wildman–Crippen MR) is 86.8 cm³/mol. The van der Waals surface area contributed by atoms with Gasteiger partial charge in [-0.05, 0) is 11.0 Å². The Balaban J connectivity index is 0.00000242. The van der Waals surface area contributed by atoms with Crippen molar-refractivity contribution >= 4 is 18.3 Å². The lowest BCUT2D eigenvalue weighted by atomic mass is 9.94. The Morgan fingerprint density at radius 1 is 1.50 bits per heavy atom. The van der Waals surface area contributed by atoms with Gasteiger partial charge in [0.15, 0.2) is 0 Å². The Hall–Kier alpha value is -1.40. The molecule has 0 atom stereocenters. The molecule has 124 valence electrons. The van der Waals surface area contributed by atoms with Crippen LogP contribution >= 0.6 is 12.4 Å². The molecule has 0 spiro atoms. The minimum Gasteiger partial charge on any atom is -0.338 e. The summed E-state index contributed by atoms with van der Waals surface area (Å²) >= 11 is 0. The smallest absolute Gasteiger partial charge is 0.257 e. The standard InChI is InChI=1S/C15H23FN4O.ClH/c1-15(2,3)10-19-5-4-13-12(14(19)21)9-20(18-13)8-11(6-16)7-17;/h6,9H,4-5,7-8,10,17H2,1-3H3;1H. The van der Waals surface area contributed by atoms with Crippen LogP contribution in [0.4, 0.5) is 4.39 Å². The highest BCUT2D eigenvalue weighted by atomic mass is 35.5. The zero-order valence-corrected chi connectivity index (χ0v) is 14.1. The van der Waals surface area contributed by atoms with E-state index in [2.05, 4.69) is 25.9 Å². The Morgan fingerprint density at radius 3 is 2.73 bits per heavy atom. The fourth-order valence-electron chi connectivity index (χ4n) is 2.49. The average molecular weight is 331 g/mol. The van der Waals surface area contributed by atoms with E-state index >= 15 is 0 Å². The SMILES string of the molecule is CC(C)(C)CN1CCc2nn(CC(=CF)CN)cc2C1=O.Cl. The first-order valence-corrected chi connectivity index (χ1v) is 7.18. The van der Waals surface area contributed by atoms with Crippen molar-refractivity contribution in [1.82, 2.24) is 14.7 Å². The number of halogens is 2. The number of aromatic nitrogens is 2. The van der Waals surface area contributed by atoms with Crippen LogP contribution in [0.15, 0.2) is 18.1 Å². The summed E-state index contributed by atoms with van der Waals surface area (Å²) in [4.78, 5) is 14.4. The molecule has 7 heteroatoms. The number of hydrogen-bond donors (Lipinski definition) is 1. The number of rotatable bonds is 4. The molecule has 1 aliphatic heterocycles.